The predicted octanol–water partition coefficient (Wildman–Crippen LogP) is 2.15. The molecular weight excluding hydrogens is 162 g/mol. The Kier molecular flexibility index (Phi) is 4.86. The van der Waals surface area contributed by atoms with Crippen LogP contribution in [0.1, 0.15) is 18.5 Å². The van der Waals surface area contributed by atoms with Crippen molar-refractivity contribution in [3.8, 4) is 0 Å². The molecule has 0 aliphatic heterocycles. The lowest BCUT2D eigenvalue weighted by Gasteiger charge is -2.07. The number of halogens is 1. The smallest absolute Gasteiger partial charge is 0.0540 e. The van der Waals surface area contributed by atoms with E-state index in [1.165, 1.54) is 0 Å². The SMILES string of the molecule is CC(NO)c1ccccc1.Cl. The van der Waals surface area contributed by atoms with Crippen LogP contribution in [0.4, 0.5) is 0 Å². The molecule has 1 unspecified atom stereocenters. The Labute approximate surface area is 72.6 Å². The minimum atomic E-state index is 0. The molecular formula is C8H12ClNO. The van der Waals surface area contributed by atoms with E-state index < -0.39 is 0 Å². The summed E-state index contributed by atoms with van der Waals surface area (Å²) in [4.78, 5) is 0. The van der Waals surface area contributed by atoms with E-state index in [2.05, 4.69) is 5.48 Å². The largest absolute Gasteiger partial charge is 0.316 e. The summed E-state index contributed by atoms with van der Waals surface area (Å²) in [6.45, 7) is 1.90. The molecule has 0 saturated carbocycles. The van der Waals surface area contributed by atoms with E-state index in [1.807, 2.05) is 37.3 Å². The van der Waals surface area contributed by atoms with Crippen molar-refractivity contribution >= 4 is 12.4 Å². The Morgan fingerprint density at radius 2 is 1.82 bits per heavy atom. The van der Waals surface area contributed by atoms with E-state index in [1.54, 1.807) is 0 Å². The lowest BCUT2D eigenvalue weighted by molar-refractivity contribution is 0.133. The van der Waals surface area contributed by atoms with Gasteiger partial charge in [-0.25, -0.2) is 0 Å². The highest BCUT2D eigenvalue weighted by atomic mass is 35.5. The first-order chi connectivity index (χ1) is 4.84. The fourth-order valence-corrected chi connectivity index (χ4v) is 0.816. The van der Waals surface area contributed by atoms with Gasteiger partial charge in [0.25, 0.3) is 0 Å². The van der Waals surface area contributed by atoms with Crippen molar-refractivity contribution in [1.29, 1.82) is 0 Å². The molecule has 0 fully saturated rings. The Morgan fingerprint density at radius 1 is 1.27 bits per heavy atom. The number of rotatable bonds is 2. The summed E-state index contributed by atoms with van der Waals surface area (Å²) in [6.07, 6.45) is 0. The molecule has 0 amide bonds. The second-order valence-corrected chi connectivity index (χ2v) is 2.26. The Morgan fingerprint density at radius 3 is 2.27 bits per heavy atom. The van der Waals surface area contributed by atoms with Crippen LogP contribution in [0.25, 0.3) is 0 Å². The summed E-state index contributed by atoms with van der Waals surface area (Å²) >= 11 is 0. The molecule has 0 bridgehead atoms. The third-order valence-electron chi connectivity index (χ3n) is 1.49. The monoisotopic (exact) mass is 173 g/mol. The Bertz CT molecular complexity index is 191. The van der Waals surface area contributed by atoms with Crippen molar-refractivity contribution in [1.82, 2.24) is 5.48 Å². The normalized spacial score (nSPS) is 11.8. The predicted molar refractivity (Wildman–Crippen MR) is 47.0 cm³/mol. The molecule has 3 heteroatoms. The van der Waals surface area contributed by atoms with Crippen molar-refractivity contribution in [3.63, 3.8) is 0 Å². The van der Waals surface area contributed by atoms with Crippen LogP contribution in [0.3, 0.4) is 0 Å². The first kappa shape index (κ1) is 10.4. The van der Waals surface area contributed by atoms with Gasteiger partial charge < -0.3 is 5.21 Å². The van der Waals surface area contributed by atoms with Crippen molar-refractivity contribution in [3.05, 3.63) is 35.9 Å². The average molecular weight is 174 g/mol. The van der Waals surface area contributed by atoms with Gasteiger partial charge >= 0.3 is 0 Å². The van der Waals surface area contributed by atoms with E-state index in [9.17, 15) is 0 Å². The summed E-state index contributed by atoms with van der Waals surface area (Å²) in [6, 6.07) is 9.79. The first-order valence-corrected chi connectivity index (χ1v) is 3.29. The summed E-state index contributed by atoms with van der Waals surface area (Å²) in [5, 5.41) is 8.54. The van der Waals surface area contributed by atoms with E-state index in [-0.39, 0.29) is 18.4 Å². The van der Waals surface area contributed by atoms with Crippen LogP contribution in [0.2, 0.25) is 0 Å². The van der Waals surface area contributed by atoms with E-state index >= 15 is 0 Å². The van der Waals surface area contributed by atoms with Gasteiger partial charge in [-0.3, -0.25) is 0 Å². The Hall–Kier alpha value is -0.570. The third kappa shape index (κ3) is 2.89. The van der Waals surface area contributed by atoms with Crippen LogP contribution < -0.4 is 5.48 Å². The molecule has 2 N–H and O–H groups in total. The van der Waals surface area contributed by atoms with E-state index in [0.29, 0.717) is 0 Å². The minimum absolute atomic E-state index is 0. The third-order valence-corrected chi connectivity index (χ3v) is 1.49. The highest BCUT2D eigenvalue weighted by molar-refractivity contribution is 5.85. The van der Waals surface area contributed by atoms with Gasteiger partial charge in [0.05, 0.1) is 6.04 Å². The highest BCUT2D eigenvalue weighted by Gasteiger charge is 1.99. The molecule has 0 aliphatic rings. The molecule has 62 valence electrons. The number of nitrogens with one attached hydrogen (secondary N) is 1. The van der Waals surface area contributed by atoms with Crippen molar-refractivity contribution < 1.29 is 5.21 Å². The summed E-state index contributed by atoms with van der Waals surface area (Å²) in [7, 11) is 0. The summed E-state index contributed by atoms with van der Waals surface area (Å²) in [5.74, 6) is 0. The maximum Gasteiger partial charge on any atom is 0.0540 e. The second-order valence-electron chi connectivity index (χ2n) is 2.26. The van der Waals surface area contributed by atoms with Crippen LogP contribution in [-0.2, 0) is 0 Å². The fourth-order valence-electron chi connectivity index (χ4n) is 0.816. The average Bonchev–Trinajstić information content (AvgIpc) is 2.05. The lowest BCUT2D eigenvalue weighted by atomic mass is 10.1. The zero-order chi connectivity index (χ0) is 7.40. The van der Waals surface area contributed by atoms with Crippen LogP contribution >= 0.6 is 12.4 Å². The van der Waals surface area contributed by atoms with Gasteiger partial charge in [0, 0.05) is 0 Å². The van der Waals surface area contributed by atoms with Gasteiger partial charge in [0.2, 0.25) is 0 Å². The molecule has 0 heterocycles. The van der Waals surface area contributed by atoms with Gasteiger partial charge in [-0.15, -0.1) is 12.4 Å². The molecule has 1 aromatic rings. The zero-order valence-corrected chi connectivity index (χ0v) is 7.14. The molecule has 2 nitrogen and oxygen atoms in total. The van der Waals surface area contributed by atoms with Crippen molar-refractivity contribution in [2.45, 2.75) is 13.0 Å². The summed E-state index contributed by atoms with van der Waals surface area (Å²) in [5.41, 5.74) is 3.27. The number of benzene rings is 1. The maximum absolute atomic E-state index is 8.54. The van der Waals surface area contributed by atoms with Crippen molar-refractivity contribution in [2.24, 2.45) is 0 Å². The molecule has 0 aromatic heterocycles. The number of hydrogen-bond acceptors (Lipinski definition) is 2. The second kappa shape index (κ2) is 5.13. The standard InChI is InChI=1S/C8H11NO.ClH/c1-7(9-10)8-5-3-2-4-6-8;/h2-7,9-10H,1H3;1H. The molecule has 0 saturated heterocycles. The van der Waals surface area contributed by atoms with Crippen molar-refractivity contribution in [2.75, 3.05) is 0 Å². The number of hydroxylamine groups is 1. The summed E-state index contributed by atoms with van der Waals surface area (Å²) < 4.78 is 0. The molecule has 11 heavy (non-hydrogen) atoms. The fraction of sp³-hybridized carbons (Fsp3) is 0.250. The van der Waals surface area contributed by atoms with Crippen LogP contribution in [0.5, 0.6) is 0 Å². The zero-order valence-electron chi connectivity index (χ0n) is 6.32. The first-order valence-electron chi connectivity index (χ1n) is 3.29. The van der Waals surface area contributed by atoms with Crippen LogP contribution in [0.15, 0.2) is 30.3 Å². The molecule has 0 radical (unpaired) electrons. The molecule has 0 spiro atoms. The van der Waals surface area contributed by atoms with Gasteiger partial charge in [-0.1, -0.05) is 30.3 Å². The minimum Gasteiger partial charge on any atom is -0.316 e. The maximum atomic E-state index is 8.54. The molecule has 0 aliphatic carbocycles. The molecule has 1 aromatic carbocycles. The molecule has 1 atom stereocenters. The van der Waals surface area contributed by atoms with Gasteiger partial charge in [-0.05, 0) is 12.5 Å². The lowest BCUT2D eigenvalue weighted by Crippen LogP contribution is -2.12. The molecule has 1 rings (SSSR count). The van der Waals surface area contributed by atoms with E-state index in [0.717, 1.165) is 5.56 Å². The van der Waals surface area contributed by atoms with E-state index in [4.69, 9.17) is 5.21 Å². The topological polar surface area (TPSA) is 32.3 Å². The van der Waals surface area contributed by atoms with Gasteiger partial charge in [0.15, 0.2) is 0 Å². The highest BCUT2D eigenvalue weighted by Crippen LogP contribution is 2.09. The quantitative estimate of drug-likeness (QED) is 0.672. The van der Waals surface area contributed by atoms with Crippen LogP contribution in [0, 0.1) is 0 Å². The van der Waals surface area contributed by atoms with Crippen LogP contribution in [-0.4, -0.2) is 5.21 Å². The van der Waals surface area contributed by atoms with Gasteiger partial charge in [-0.2, -0.15) is 5.48 Å². The number of hydrogen-bond donors (Lipinski definition) is 2. The van der Waals surface area contributed by atoms with Gasteiger partial charge in [0.1, 0.15) is 0 Å². The Balaban J connectivity index is 0.000001000.